The second kappa shape index (κ2) is 8.64. The average molecular weight is 483 g/mol. The Hall–Kier alpha value is -4.46. The van der Waals surface area contributed by atoms with Gasteiger partial charge in [-0.1, -0.05) is 24.3 Å². The van der Waals surface area contributed by atoms with Crippen LogP contribution in [0.5, 0.6) is 5.75 Å². The second-order valence-electron chi connectivity index (χ2n) is 9.11. The fraction of sp³-hybridized carbons (Fsp3) is 0.214. The van der Waals surface area contributed by atoms with Crippen molar-refractivity contribution in [2.24, 2.45) is 0 Å². The number of pyridine rings is 1. The summed E-state index contributed by atoms with van der Waals surface area (Å²) in [5.74, 6) is 0.651. The van der Waals surface area contributed by atoms with Gasteiger partial charge in [0.15, 0.2) is 5.78 Å². The number of imide groups is 1. The molecule has 3 amide bonds. The van der Waals surface area contributed by atoms with Gasteiger partial charge in [0, 0.05) is 23.1 Å². The van der Waals surface area contributed by atoms with Crippen LogP contribution in [0.2, 0.25) is 0 Å². The molecule has 8 nitrogen and oxygen atoms in total. The van der Waals surface area contributed by atoms with Gasteiger partial charge >= 0.3 is 6.03 Å². The van der Waals surface area contributed by atoms with Gasteiger partial charge in [0.2, 0.25) is 0 Å². The van der Waals surface area contributed by atoms with Gasteiger partial charge in [-0.05, 0) is 73.5 Å². The van der Waals surface area contributed by atoms with Crippen LogP contribution in [0, 0.1) is 13.8 Å². The number of fused-ring (bicyclic) bond motifs is 1. The number of hydrogen-bond donors (Lipinski definition) is 1. The highest BCUT2D eigenvalue weighted by Gasteiger charge is 2.49. The smallest absolute Gasteiger partial charge is 0.325 e. The van der Waals surface area contributed by atoms with Gasteiger partial charge in [0.05, 0.1) is 13.7 Å². The van der Waals surface area contributed by atoms with Crippen LogP contribution in [0.25, 0.3) is 16.6 Å². The van der Waals surface area contributed by atoms with Gasteiger partial charge < -0.3 is 14.6 Å². The molecule has 1 fully saturated rings. The Morgan fingerprint density at radius 1 is 1.03 bits per heavy atom. The highest BCUT2D eigenvalue weighted by atomic mass is 16.5. The molecule has 4 aromatic rings. The van der Waals surface area contributed by atoms with E-state index >= 15 is 0 Å². The molecule has 1 saturated heterocycles. The third kappa shape index (κ3) is 3.71. The van der Waals surface area contributed by atoms with Crippen molar-refractivity contribution < 1.29 is 19.1 Å². The number of nitrogens with zero attached hydrogens (tertiary/aromatic N) is 3. The topological polar surface area (TPSA) is 93.5 Å². The number of amides is 3. The Labute approximate surface area is 208 Å². The third-order valence-corrected chi connectivity index (χ3v) is 6.81. The van der Waals surface area contributed by atoms with Crippen molar-refractivity contribution in [1.29, 1.82) is 0 Å². The molecule has 1 aliphatic heterocycles. The van der Waals surface area contributed by atoms with Crippen molar-refractivity contribution in [1.82, 2.24) is 19.8 Å². The first-order valence-electron chi connectivity index (χ1n) is 11.6. The summed E-state index contributed by atoms with van der Waals surface area (Å²) >= 11 is 0. The molecule has 0 saturated carbocycles. The number of aromatic nitrogens is 2. The molecule has 0 aliphatic carbocycles. The fourth-order valence-electron chi connectivity index (χ4n) is 4.81. The number of Topliss-reactive ketones (excluding diaryl/α,β-unsaturated/α-hetero) is 1. The number of aryl methyl sites for hydroxylation is 1. The maximum Gasteiger partial charge on any atom is 0.325 e. The predicted molar refractivity (Wildman–Crippen MR) is 135 cm³/mol. The van der Waals surface area contributed by atoms with Crippen LogP contribution in [-0.4, -0.2) is 45.8 Å². The Bertz CT molecular complexity index is 1530. The lowest BCUT2D eigenvalue weighted by Crippen LogP contribution is -2.41. The predicted octanol–water partition coefficient (Wildman–Crippen LogP) is 4.30. The van der Waals surface area contributed by atoms with Crippen LogP contribution >= 0.6 is 0 Å². The molecular weight excluding hydrogens is 456 g/mol. The highest BCUT2D eigenvalue weighted by molar-refractivity contribution is 6.11. The summed E-state index contributed by atoms with van der Waals surface area (Å²) in [6, 6.07) is 18.0. The van der Waals surface area contributed by atoms with Crippen molar-refractivity contribution in [3.8, 4) is 11.6 Å². The van der Waals surface area contributed by atoms with Crippen LogP contribution in [0.4, 0.5) is 4.79 Å². The van der Waals surface area contributed by atoms with Gasteiger partial charge in [-0.15, -0.1) is 0 Å². The number of ketones is 1. The van der Waals surface area contributed by atoms with E-state index in [4.69, 9.17) is 4.74 Å². The van der Waals surface area contributed by atoms with Crippen LogP contribution < -0.4 is 10.1 Å². The summed E-state index contributed by atoms with van der Waals surface area (Å²) in [7, 11) is 1.61. The Balaban J connectivity index is 1.41. The second-order valence-corrected chi connectivity index (χ2v) is 9.11. The van der Waals surface area contributed by atoms with Gasteiger partial charge in [0.1, 0.15) is 17.1 Å². The molecule has 0 bridgehead atoms. The number of carbonyl (C=O) groups is 3. The van der Waals surface area contributed by atoms with Gasteiger partial charge in [-0.2, -0.15) is 0 Å². The Kier molecular flexibility index (Phi) is 5.59. The van der Waals surface area contributed by atoms with E-state index in [1.54, 1.807) is 26.3 Å². The summed E-state index contributed by atoms with van der Waals surface area (Å²) < 4.78 is 7.16. The van der Waals surface area contributed by atoms with Gasteiger partial charge in [-0.3, -0.25) is 14.5 Å². The van der Waals surface area contributed by atoms with E-state index < -0.39 is 17.5 Å². The van der Waals surface area contributed by atoms with Crippen LogP contribution in [0.3, 0.4) is 0 Å². The molecule has 1 N–H and O–H groups in total. The van der Waals surface area contributed by atoms with Crippen molar-refractivity contribution in [2.45, 2.75) is 26.3 Å². The largest absolute Gasteiger partial charge is 0.497 e. The monoisotopic (exact) mass is 482 g/mol. The molecule has 182 valence electrons. The maximum atomic E-state index is 13.5. The minimum Gasteiger partial charge on any atom is -0.497 e. The normalized spacial score (nSPS) is 17.5. The first-order chi connectivity index (χ1) is 17.2. The lowest BCUT2D eigenvalue weighted by molar-refractivity contribution is -0.130. The zero-order chi connectivity index (χ0) is 25.6. The SMILES string of the molecule is COc1ccc2cc([C@]3(C)NC(=O)N(CC(=O)c4cc(C)n(-c5ccccn5)c4C)C3=O)ccc2c1. The van der Waals surface area contributed by atoms with E-state index in [0.717, 1.165) is 27.1 Å². The molecule has 3 heterocycles. The Morgan fingerprint density at radius 2 is 1.78 bits per heavy atom. The van der Waals surface area contributed by atoms with Gasteiger partial charge in [-0.25, -0.2) is 9.78 Å². The van der Waals surface area contributed by atoms with Crippen molar-refractivity contribution in [3.05, 3.63) is 89.4 Å². The molecule has 36 heavy (non-hydrogen) atoms. The van der Waals surface area contributed by atoms with Crippen molar-refractivity contribution in [3.63, 3.8) is 0 Å². The van der Waals surface area contributed by atoms with E-state index in [2.05, 4.69) is 10.3 Å². The lowest BCUT2D eigenvalue weighted by atomic mass is 9.90. The third-order valence-electron chi connectivity index (χ3n) is 6.81. The highest BCUT2D eigenvalue weighted by Crippen LogP contribution is 2.32. The molecule has 0 spiro atoms. The minimum absolute atomic E-state index is 0.316. The van der Waals surface area contributed by atoms with E-state index in [0.29, 0.717) is 22.6 Å². The number of benzene rings is 2. The zero-order valence-corrected chi connectivity index (χ0v) is 20.5. The molecule has 0 radical (unpaired) electrons. The first kappa shape index (κ1) is 23.3. The summed E-state index contributed by atoms with van der Waals surface area (Å²) in [4.78, 5) is 45.0. The van der Waals surface area contributed by atoms with Crippen LogP contribution in [0.15, 0.2) is 66.9 Å². The number of carbonyl (C=O) groups excluding carboxylic acids is 3. The van der Waals surface area contributed by atoms with E-state index in [9.17, 15) is 14.4 Å². The number of ether oxygens (including phenoxy) is 1. The molecule has 8 heteroatoms. The van der Waals surface area contributed by atoms with E-state index in [1.165, 1.54) is 0 Å². The molecule has 2 aromatic carbocycles. The summed E-state index contributed by atoms with van der Waals surface area (Å²) in [5.41, 5.74) is 1.35. The summed E-state index contributed by atoms with van der Waals surface area (Å²) in [6.07, 6.45) is 1.69. The quantitative estimate of drug-likeness (QED) is 0.327. The maximum absolute atomic E-state index is 13.5. The van der Waals surface area contributed by atoms with Crippen LogP contribution in [0.1, 0.15) is 34.2 Å². The van der Waals surface area contributed by atoms with E-state index in [1.807, 2.05) is 73.0 Å². The lowest BCUT2D eigenvalue weighted by Gasteiger charge is -2.22. The number of hydrogen-bond acceptors (Lipinski definition) is 5. The standard InChI is InChI=1S/C28H26N4O4/c1-17-13-23(18(2)32(17)25-7-5-6-12-29-25)24(33)16-31-26(34)28(3,30-27(31)35)21-10-8-20-15-22(36-4)11-9-19(20)14-21/h5-15H,16H2,1-4H3,(H,30,35)/t28-/m0/s1. The van der Waals surface area contributed by atoms with Crippen LogP contribution in [-0.2, 0) is 10.3 Å². The summed E-state index contributed by atoms with van der Waals surface area (Å²) in [6.45, 7) is 5.03. The molecule has 0 unspecified atom stereocenters. The first-order valence-corrected chi connectivity index (χ1v) is 11.6. The van der Waals surface area contributed by atoms with Crippen molar-refractivity contribution in [2.75, 3.05) is 13.7 Å². The number of methoxy groups -OCH3 is 1. The Morgan fingerprint density at radius 3 is 2.50 bits per heavy atom. The molecule has 5 rings (SSSR count). The minimum atomic E-state index is -1.28. The molecular formula is C28H26N4O4. The van der Waals surface area contributed by atoms with Gasteiger partial charge in [0.25, 0.3) is 5.91 Å². The molecule has 2 aromatic heterocycles. The zero-order valence-electron chi connectivity index (χ0n) is 20.5. The number of rotatable bonds is 6. The average Bonchev–Trinajstić information content (AvgIpc) is 3.30. The fourth-order valence-corrected chi connectivity index (χ4v) is 4.81. The molecule has 1 atom stereocenters. The molecule has 1 aliphatic rings. The summed E-state index contributed by atoms with van der Waals surface area (Å²) in [5, 5.41) is 4.66. The number of urea groups is 1. The van der Waals surface area contributed by atoms with Crippen molar-refractivity contribution >= 4 is 28.5 Å². The van der Waals surface area contributed by atoms with E-state index in [-0.39, 0.29) is 12.3 Å². The number of nitrogens with one attached hydrogen (secondary N) is 1.